The van der Waals surface area contributed by atoms with Crippen molar-refractivity contribution in [2.75, 3.05) is 26.2 Å². The van der Waals surface area contributed by atoms with E-state index >= 15 is 0 Å². The van der Waals surface area contributed by atoms with Crippen molar-refractivity contribution in [2.24, 2.45) is 0 Å². The fraction of sp³-hybridized carbons (Fsp3) is 0.385. The van der Waals surface area contributed by atoms with E-state index in [0.717, 1.165) is 18.7 Å². The smallest absolute Gasteiger partial charge is 0.290 e. The van der Waals surface area contributed by atoms with Gasteiger partial charge in [-0.1, -0.05) is 23.7 Å². The first-order chi connectivity index (χ1) is 8.66. The van der Waals surface area contributed by atoms with E-state index in [1.54, 1.807) is 29.2 Å². The van der Waals surface area contributed by atoms with E-state index in [4.69, 9.17) is 11.6 Å². The summed E-state index contributed by atoms with van der Waals surface area (Å²) in [4.78, 5) is 25.4. The lowest BCUT2D eigenvalue weighted by atomic mass is 10.1. The molecule has 1 aromatic rings. The highest BCUT2D eigenvalue weighted by Crippen LogP contribution is 2.11. The third-order valence-electron chi connectivity index (χ3n) is 2.90. The Labute approximate surface area is 111 Å². The number of benzene rings is 1. The van der Waals surface area contributed by atoms with Gasteiger partial charge in [0, 0.05) is 37.6 Å². The highest BCUT2D eigenvalue weighted by Gasteiger charge is 2.22. The normalized spacial score (nSPS) is 15.5. The Hall–Kier alpha value is -1.39. The van der Waals surface area contributed by atoms with E-state index in [2.05, 4.69) is 5.32 Å². The average molecular weight is 267 g/mol. The van der Waals surface area contributed by atoms with Crippen molar-refractivity contribution in [3.05, 3.63) is 34.9 Å². The van der Waals surface area contributed by atoms with Crippen LogP contribution in [0.4, 0.5) is 0 Å². The molecular weight excluding hydrogens is 252 g/mol. The van der Waals surface area contributed by atoms with Crippen molar-refractivity contribution in [1.82, 2.24) is 10.2 Å². The predicted molar refractivity (Wildman–Crippen MR) is 69.6 cm³/mol. The number of carbonyl (C=O) groups is 2. The molecule has 1 heterocycles. The monoisotopic (exact) mass is 266 g/mol. The summed E-state index contributed by atoms with van der Waals surface area (Å²) in [5.74, 6) is -0.768. The van der Waals surface area contributed by atoms with E-state index in [1.165, 1.54) is 0 Å². The maximum atomic E-state index is 11.9. The Morgan fingerprint density at radius 2 is 2.00 bits per heavy atom. The largest absolute Gasteiger partial charge is 0.334 e. The zero-order chi connectivity index (χ0) is 13.0. The maximum absolute atomic E-state index is 11.9. The lowest BCUT2D eigenvalue weighted by Crippen LogP contribution is -2.49. The Morgan fingerprint density at radius 3 is 2.67 bits per heavy atom. The molecule has 0 bridgehead atoms. The van der Waals surface area contributed by atoms with Crippen LogP contribution in [0.1, 0.15) is 5.56 Å². The Kier molecular flexibility index (Phi) is 4.33. The van der Waals surface area contributed by atoms with E-state index in [1.807, 2.05) is 0 Å². The molecule has 0 radical (unpaired) electrons. The number of nitrogens with one attached hydrogen (secondary N) is 1. The first kappa shape index (κ1) is 13.1. The van der Waals surface area contributed by atoms with E-state index < -0.39 is 5.91 Å². The van der Waals surface area contributed by atoms with Gasteiger partial charge in [-0.05, 0) is 17.7 Å². The minimum absolute atomic E-state index is 0.114. The minimum Gasteiger partial charge on any atom is -0.334 e. The molecule has 0 atom stereocenters. The van der Waals surface area contributed by atoms with Gasteiger partial charge < -0.3 is 10.2 Å². The molecule has 4 nitrogen and oxygen atoms in total. The van der Waals surface area contributed by atoms with Crippen LogP contribution in [0.2, 0.25) is 5.02 Å². The predicted octanol–water partition coefficient (Wildman–Crippen LogP) is 0.883. The fourth-order valence-corrected chi connectivity index (χ4v) is 2.17. The highest BCUT2D eigenvalue weighted by atomic mass is 35.5. The van der Waals surface area contributed by atoms with Crippen LogP contribution in [0.15, 0.2) is 24.3 Å². The van der Waals surface area contributed by atoms with Crippen LogP contribution in [0.25, 0.3) is 0 Å². The molecule has 0 spiro atoms. The molecule has 96 valence electrons. The van der Waals surface area contributed by atoms with Gasteiger partial charge in [0.05, 0.1) is 0 Å². The lowest BCUT2D eigenvalue weighted by molar-refractivity contribution is -0.144. The molecule has 1 aromatic carbocycles. The quantitative estimate of drug-likeness (QED) is 0.827. The van der Waals surface area contributed by atoms with Gasteiger partial charge in [-0.3, -0.25) is 9.59 Å². The molecular formula is C13H15ClN2O2. The second-order valence-electron chi connectivity index (χ2n) is 4.27. The highest BCUT2D eigenvalue weighted by molar-refractivity contribution is 6.36. The molecule has 1 aliphatic heterocycles. The molecule has 0 aromatic heterocycles. The third-order valence-corrected chi connectivity index (χ3v) is 3.13. The van der Waals surface area contributed by atoms with Crippen molar-refractivity contribution >= 4 is 23.3 Å². The molecule has 1 amide bonds. The maximum Gasteiger partial charge on any atom is 0.290 e. The topological polar surface area (TPSA) is 49.4 Å². The van der Waals surface area contributed by atoms with Gasteiger partial charge >= 0.3 is 0 Å². The summed E-state index contributed by atoms with van der Waals surface area (Å²) in [7, 11) is 0. The molecule has 5 heteroatoms. The fourth-order valence-electron chi connectivity index (χ4n) is 1.95. The van der Waals surface area contributed by atoms with E-state index in [0.29, 0.717) is 18.1 Å². The zero-order valence-corrected chi connectivity index (χ0v) is 10.7. The average Bonchev–Trinajstić information content (AvgIpc) is 2.39. The van der Waals surface area contributed by atoms with Gasteiger partial charge in [0.2, 0.25) is 5.78 Å². The zero-order valence-electron chi connectivity index (χ0n) is 9.99. The molecule has 0 unspecified atom stereocenters. The van der Waals surface area contributed by atoms with Crippen molar-refractivity contribution in [1.29, 1.82) is 0 Å². The summed E-state index contributed by atoms with van der Waals surface area (Å²) in [6.45, 7) is 2.69. The van der Waals surface area contributed by atoms with Gasteiger partial charge in [-0.15, -0.1) is 0 Å². The number of hydrogen-bond donors (Lipinski definition) is 1. The number of ketones is 1. The lowest BCUT2D eigenvalue weighted by Gasteiger charge is -2.26. The SMILES string of the molecule is O=C(Cc1cccc(Cl)c1)C(=O)N1CCNCC1. The van der Waals surface area contributed by atoms with Crippen LogP contribution in [-0.2, 0) is 16.0 Å². The summed E-state index contributed by atoms with van der Waals surface area (Å²) in [5.41, 5.74) is 0.774. The number of Topliss-reactive ketones (excluding diaryl/α,β-unsaturated/α-hetero) is 1. The summed E-state index contributed by atoms with van der Waals surface area (Å²) < 4.78 is 0. The van der Waals surface area contributed by atoms with Crippen LogP contribution in [0.3, 0.4) is 0 Å². The molecule has 2 rings (SSSR count). The van der Waals surface area contributed by atoms with Crippen LogP contribution in [-0.4, -0.2) is 42.8 Å². The molecule has 18 heavy (non-hydrogen) atoms. The standard InChI is InChI=1S/C13H15ClN2O2/c14-11-3-1-2-10(8-11)9-12(17)13(18)16-6-4-15-5-7-16/h1-3,8,15H,4-7,9H2. The first-order valence-electron chi connectivity index (χ1n) is 5.94. The van der Waals surface area contributed by atoms with Crippen LogP contribution >= 0.6 is 11.6 Å². The number of amides is 1. The van der Waals surface area contributed by atoms with Crippen LogP contribution < -0.4 is 5.32 Å². The second-order valence-corrected chi connectivity index (χ2v) is 4.71. The van der Waals surface area contributed by atoms with Crippen molar-refractivity contribution in [3.63, 3.8) is 0 Å². The van der Waals surface area contributed by atoms with Crippen molar-refractivity contribution < 1.29 is 9.59 Å². The molecule has 0 aliphatic carbocycles. The van der Waals surface area contributed by atoms with Crippen LogP contribution in [0.5, 0.6) is 0 Å². The minimum atomic E-state index is -0.392. The Bertz CT molecular complexity index is 456. The number of halogens is 1. The Balaban J connectivity index is 1.96. The van der Waals surface area contributed by atoms with Gasteiger partial charge in [-0.25, -0.2) is 0 Å². The van der Waals surface area contributed by atoms with Gasteiger partial charge in [0.15, 0.2) is 0 Å². The van der Waals surface area contributed by atoms with E-state index in [9.17, 15) is 9.59 Å². The van der Waals surface area contributed by atoms with Crippen molar-refractivity contribution in [3.8, 4) is 0 Å². The first-order valence-corrected chi connectivity index (χ1v) is 6.32. The third kappa shape index (κ3) is 3.31. The summed E-state index contributed by atoms with van der Waals surface area (Å²) in [5, 5.41) is 3.72. The van der Waals surface area contributed by atoms with Crippen LogP contribution in [0, 0.1) is 0 Å². The van der Waals surface area contributed by atoms with Crippen molar-refractivity contribution in [2.45, 2.75) is 6.42 Å². The number of rotatable bonds is 3. The van der Waals surface area contributed by atoms with E-state index in [-0.39, 0.29) is 12.2 Å². The van der Waals surface area contributed by atoms with Gasteiger partial charge in [-0.2, -0.15) is 0 Å². The Morgan fingerprint density at radius 1 is 1.28 bits per heavy atom. The number of piperazine rings is 1. The molecule has 0 saturated carbocycles. The molecule has 1 N–H and O–H groups in total. The second kappa shape index (κ2) is 5.98. The number of carbonyl (C=O) groups excluding carboxylic acids is 2. The summed E-state index contributed by atoms with van der Waals surface area (Å²) >= 11 is 5.84. The summed E-state index contributed by atoms with van der Waals surface area (Å²) in [6.07, 6.45) is 0.114. The number of hydrogen-bond acceptors (Lipinski definition) is 3. The number of nitrogens with zero attached hydrogens (tertiary/aromatic N) is 1. The van der Waals surface area contributed by atoms with Gasteiger partial charge in [0.25, 0.3) is 5.91 Å². The summed E-state index contributed by atoms with van der Waals surface area (Å²) in [6, 6.07) is 7.03. The molecule has 1 saturated heterocycles. The molecule has 1 aliphatic rings. The van der Waals surface area contributed by atoms with Gasteiger partial charge in [0.1, 0.15) is 0 Å². The molecule has 1 fully saturated rings.